The maximum absolute atomic E-state index is 5.37. The average molecular weight is 243 g/mol. The highest BCUT2D eigenvalue weighted by Crippen LogP contribution is 2.13. The smallest absolute Gasteiger partial charge is 0.0991 e. The molecule has 0 bridgehead atoms. The first-order chi connectivity index (χ1) is 8.92. The van der Waals surface area contributed by atoms with Gasteiger partial charge in [-0.25, -0.2) is 4.98 Å². The van der Waals surface area contributed by atoms with Crippen molar-refractivity contribution >= 4 is 0 Å². The van der Waals surface area contributed by atoms with Crippen LogP contribution >= 0.6 is 0 Å². The van der Waals surface area contributed by atoms with E-state index in [-0.39, 0.29) is 0 Å². The molecule has 1 saturated heterocycles. The van der Waals surface area contributed by atoms with Gasteiger partial charge in [0.25, 0.3) is 0 Å². The van der Waals surface area contributed by atoms with Crippen molar-refractivity contribution in [1.29, 1.82) is 0 Å². The number of hydrogen-bond acceptors (Lipinski definition) is 3. The summed E-state index contributed by atoms with van der Waals surface area (Å²) in [4.78, 5) is 6.51. The lowest BCUT2D eigenvalue weighted by molar-refractivity contribution is 0.0342. The van der Waals surface area contributed by atoms with E-state index in [4.69, 9.17) is 4.74 Å². The second-order valence-electron chi connectivity index (χ2n) is 4.53. The number of imidazole rings is 1. The van der Waals surface area contributed by atoms with Gasteiger partial charge in [0.15, 0.2) is 0 Å². The van der Waals surface area contributed by atoms with Crippen LogP contribution in [0.4, 0.5) is 0 Å². The van der Waals surface area contributed by atoms with Gasteiger partial charge in [0.2, 0.25) is 0 Å². The fourth-order valence-corrected chi connectivity index (χ4v) is 2.24. The summed E-state index contributed by atoms with van der Waals surface area (Å²) in [7, 11) is 0. The molecule has 0 N–H and O–H groups in total. The summed E-state index contributed by atoms with van der Waals surface area (Å²) in [5.74, 6) is 0. The Kier molecular flexibility index (Phi) is 3.39. The summed E-state index contributed by atoms with van der Waals surface area (Å²) >= 11 is 0. The summed E-state index contributed by atoms with van der Waals surface area (Å²) in [5, 5.41) is 0. The van der Waals surface area contributed by atoms with Crippen molar-refractivity contribution in [3.8, 4) is 5.69 Å². The van der Waals surface area contributed by atoms with Crippen molar-refractivity contribution in [2.75, 3.05) is 26.3 Å². The van der Waals surface area contributed by atoms with Crippen molar-refractivity contribution < 1.29 is 4.74 Å². The van der Waals surface area contributed by atoms with Crippen LogP contribution in [-0.4, -0.2) is 40.8 Å². The van der Waals surface area contributed by atoms with Crippen molar-refractivity contribution in [3.63, 3.8) is 0 Å². The number of aromatic nitrogens is 2. The zero-order chi connectivity index (χ0) is 12.2. The molecule has 0 aliphatic carbocycles. The molecule has 4 nitrogen and oxygen atoms in total. The first kappa shape index (κ1) is 11.4. The van der Waals surface area contributed by atoms with E-state index in [0.29, 0.717) is 0 Å². The number of nitrogens with zero attached hydrogens (tertiary/aromatic N) is 3. The molecule has 0 saturated carbocycles. The van der Waals surface area contributed by atoms with E-state index in [0.717, 1.165) is 32.8 Å². The van der Waals surface area contributed by atoms with Gasteiger partial charge in [-0.1, -0.05) is 12.1 Å². The minimum absolute atomic E-state index is 0.848. The fraction of sp³-hybridized carbons (Fsp3) is 0.357. The number of rotatable bonds is 3. The Hall–Kier alpha value is -1.65. The molecule has 1 aromatic heterocycles. The molecule has 3 rings (SSSR count). The highest BCUT2D eigenvalue weighted by Gasteiger charge is 2.10. The van der Waals surface area contributed by atoms with E-state index in [2.05, 4.69) is 34.1 Å². The van der Waals surface area contributed by atoms with Gasteiger partial charge < -0.3 is 9.30 Å². The van der Waals surface area contributed by atoms with Crippen LogP contribution in [0.3, 0.4) is 0 Å². The number of ether oxygens (including phenoxy) is 1. The van der Waals surface area contributed by atoms with Gasteiger partial charge in [0.05, 0.1) is 19.5 Å². The molecule has 0 atom stereocenters. The third-order valence-corrected chi connectivity index (χ3v) is 3.22. The largest absolute Gasteiger partial charge is 0.379 e. The Labute approximate surface area is 107 Å². The van der Waals surface area contributed by atoms with E-state index < -0.39 is 0 Å². The first-order valence-corrected chi connectivity index (χ1v) is 6.29. The highest BCUT2D eigenvalue weighted by molar-refractivity contribution is 5.35. The molecule has 1 aliphatic rings. The monoisotopic (exact) mass is 243 g/mol. The summed E-state index contributed by atoms with van der Waals surface area (Å²) in [6, 6.07) is 8.60. The van der Waals surface area contributed by atoms with E-state index in [1.165, 1.54) is 11.3 Å². The lowest BCUT2D eigenvalue weighted by atomic mass is 10.2. The fourth-order valence-electron chi connectivity index (χ4n) is 2.24. The van der Waals surface area contributed by atoms with Crippen LogP contribution in [0.25, 0.3) is 5.69 Å². The van der Waals surface area contributed by atoms with E-state index in [1.54, 1.807) is 6.20 Å². The Bertz CT molecular complexity index is 490. The predicted molar refractivity (Wildman–Crippen MR) is 69.7 cm³/mol. The molecule has 94 valence electrons. The molecule has 0 radical (unpaired) electrons. The Morgan fingerprint density at radius 2 is 2.11 bits per heavy atom. The molecule has 1 fully saturated rings. The van der Waals surface area contributed by atoms with Crippen molar-refractivity contribution in [2.45, 2.75) is 6.54 Å². The Morgan fingerprint density at radius 3 is 2.89 bits per heavy atom. The van der Waals surface area contributed by atoms with Gasteiger partial charge in [-0.2, -0.15) is 0 Å². The third kappa shape index (κ3) is 2.60. The summed E-state index contributed by atoms with van der Waals surface area (Å²) in [6.45, 7) is 4.74. The summed E-state index contributed by atoms with van der Waals surface area (Å²) < 4.78 is 7.40. The molecule has 0 spiro atoms. The van der Waals surface area contributed by atoms with Gasteiger partial charge in [-0.3, -0.25) is 4.90 Å². The van der Waals surface area contributed by atoms with Crippen LogP contribution in [-0.2, 0) is 11.3 Å². The lowest BCUT2D eigenvalue weighted by Gasteiger charge is -2.26. The average Bonchev–Trinajstić information content (AvgIpc) is 2.94. The molecule has 2 aromatic rings. The molecule has 0 amide bonds. The Morgan fingerprint density at radius 1 is 1.22 bits per heavy atom. The SMILES string of the molecule is c1cc(CN2CCOCC2)cc(-n2ccnc2)c1. The van der Waals surface area contributed by atoms with Gasteiger partial charge in [-0.15, -0.1) is 0 Å². The summed E-state index contributed by atoms with van der Waals surface area (Å²) in [5.41, 5.74) is 2.50. The van der Waals surface area contributed by atoms with Crippen molar-refractivity contribution in [1.82, 2.24) is 14.5 Å². The molecule has 0 unspecified atom stereocenters. The van der Waals surface area contributed by atoms with Gasteiger partial charge >= 0.3 is 0 Å². The topological polar surface area (TPSA) is 30.3 Å². The number of hydrogen-bond donors (Lipinski definition) is 0. The van der Waals surface area contributed by atoms with Crippen LogP contribution < -0.4 is 0 Å². The van der Waals surface area contributed by atoms with Crippen LogP contribution in [0.15, 0.2) is 43.0 Å². The minimum atomic E-state index is 0.848. The van der Waals surface area contributed by atoms with Gasteiger partial charge in [0.1, 0.15) is 0 Å². The molecular formula is C14H17N3O. The maximum atomic E-state index is 5.37. The molecule has 1 aliphatic heterocycles. The normalized spacial score (nSPS) is 16.9. The van der Waals surface area contributed by atoms with Gasteiger partial charge in [-0.05, 0) is 17.7 Å². The maximum Gasteiger partial charge on any atom is 0.0991 e. The van der Waals surface area contributed by atoms with Crippen LogP contribution in [0.2, 0.25) is 0 Å². The first-order valence-electron chi connectivity index (χ1n) is 6.29. The molecule has 2 heterocycles. The number of morpholine rings is 1. The van der Waals surface area contributed by atoms with E-state index in [9.17, 15) is 0 Å². The lowest BCUT2D eigenvalue weighted by Crippen LogP contribution is -2.35. The predicted octanol–water partition coefficient (Wildman–Crippen LogP) is 1.70. The van der Waals surface area contributed by atoms with Crippen LogP contribution in [0.5, 0.6) is 0 Å². The van der Waals surface area contributed by atoms with E-state index in [1.807, 2.05) is 17.1 Å². The minimum Gasteiger partial charge on any atom is -0.379 e. The zero-order valence-corrected chi connectivity index (χ0v) is 10.3. The quantitative estimate of drug-likeness (QED) is 0.822. The number of benzene rings is 1. The molecule has 1 aromatic carbocycles. The summed E-state index contributed by atoms with van der Waals surface area (Å²) in [6.07, 6.45) is 5.59. The highest BCUT2D eigenvalue weighted by atomic mass is 16.5. The van der Waals surface area contributed by atoms with Crippen molar-refractivity contribution in [3.05, 3.63) is 48.5 Å². The molecular weight excluding hydrogens is 226 g/mol. The van der Waals surface area contributed by atoms with Crippen LogP contribution in [0, 0.1) is 0 Å². The standard InChI is InChI=1S/C14H17N3O/c1-2-13(11-16-6-8-18-9-7-16)10-14(3-1)17-5-4-15-12-17/h1-5,10,12H,6-9,11H2. The zero-order valence-electron chi connectivity index (χ0n) is 10.3. The van der Waals surface area contributed by atoms with Gasteiger partial charge in [0, 0.05) is 37.7 Å². The van der Waals surface area contributed by atoms with Crippen LogP contribution in [0.1, 0.15) is 5.56 Å². The van der Waals surface area contributed by atoms with Crippen molar-refractivity contribution in [2.24, 2.45) is 0 Å². The Balaban J connectivity index is 1.74. The molecule has 18 heavy (non-hydrogen) atoms. The molecule has 4 heteroatoms. The van der Waals surface area contributed by atoms with E-state index >= 15 is 0 Å². The second kappa shape index (κ2) is 5.33. The second-order valence-corrected chi connectivity index (χ2v) is 4.53. The third-order valence-electron chi connectivity index (χ3n) is 3.22.